The molecule has 1 N–H and O–H groups in total. The second-order valence-corrected chi connectivity index (χ2v) is 4.51. The Bertz CT molecular complexity index is 150. The molecule has 1 aliphatic rings. The smallest absolute Gasteiger partial charge is 0.220 e. The minimum atomic E-state index is -0.0286. The van der Waals surface area contributed by atoms with Crippen molar-refractivity contribution in [3.63, 3.8) is 0 Å². The summed E-state index contributed by atoms with van der Waals surface area (Å²) in [5, 5.41) is 2.79. The maximum absolute atomic E-state index is 10.8. The lowest BCUT2D eigenvalue weighted by molar-refractivity contribution is -0.119. The van der Waals surface area contributed by atoms with Crippen molar-refractivity contribution in [1.29, 1.82) is 0 Å². The number of thiol groups is 1. The van der Waals surface area contributed by atoms with Crippen molar-refractivity contribution >= 4 is 18.5 Å². The van der Waals surface area contributed by atoms with Crippen LogP contribution < -0.4 is 5.32 Å². The van der Waals surface area contributed by atoms with E-state index in [0.717, 1.165) is 6.54 Å². The molecule has 0 aliphatic carbocycles. The summed E-state index contributed by atoms with van der Waals surface area (Å²) < 4.78 is -0.0286. The van der Waals surface area contributed by atoms with E-state index in [4.69, 9.17) is 0 Å². The van der Waals surface area contributed by atoms with Crippen molar-refractivity contribution < 1.29 is 4.79 Å². The summed E-state index contributed by atoms with van der Waals surface area (Å²) in [5.41, 5.74) is 0. The van der Waals surface area contributed by atoms with Gasteiger partial charge in [0.05, 0.1) is 0 Å². The predicted molar refractivity (Wildman–Crippen MR) is 44.2 cm³/mol. The number of carbonyl (C=O) groups excluding carboxylic acids is 1. The summed E-state index contributed by atoms with van der Waals surface area (Å²) in [4.78, 5) is 10.8. The normalized spacial score (nSPS) is 26.7. The Labute approximate surface area is 66.8 Å². The third-order valence-corrected chi connectivity index (χ3v) is 2.34. The molecule has 0 bridgehead atoms. The van der Waals surface area contributed by atoms with Crippen molar-refractivity contribution in [1.82, 2.24) is 5.32 Å². The Balaban J connectivity index is 2.53. The van der Waals surface area contributed by atoms with Crippen LogP contribution in [0.25, 0.3) is 0 Å². The first-order valence-electron chi connectivity index (χ1n) is 3.49. The molecule has 1 atom stereocenters. The standard InChI is InChI=1S/C7H13NOS/c1-7(2,10)5-3-6(9)8-4-5/h5,10H,3-4H2,1-2H3,(H,8,9)/t5-/m1/s1. The van der Waals surface area contributed by atoms with Crippen LogP contribution in [0.5, 0.6) is 0 Å². The van der Waals surface area contributed by atoms with Gasteiger partial charge in [-0.3, -0.25) is 4.79 Å². The third kappa shape index (κ3) is 1.66. The molecule has 0 aromatic heterocycles. The second-order valence-electron chi connectivity index (χ2n) is 3.36. The van der Waals surface area contributed by atoms with E-state index in [1.807, 2.05) is 13.8 Å². The van der Waals surface area contributed by atoms with Crippen LogP contribution in [0.3, 0.4) is 0 Å². The topological polar surface area (TPSA) is 29.1 Å². The predicted octanol–water partition coefficient (Wildman–Crippen LogP) is 0.831. The molecule has 0 radical (unpaired) electrons. The van der Waals surface area contributed by atoms with Gasteiger partial charge in [-0.25, -0.2) is 0 Å². The van der Waals surface area contributed by atoms with Gasteiger partial charge in [0, 0.05) is 17.7 Å². The summed E-state index contributed by atoms with van der Waals surface area (Å²) in [6.07, 6.45) is 0.635. The highest BCUT2D eigenvalue weighted by Crippen LogP contribution is 2.28. The largest absolute Gasteiger partial charge is 0.356 e. The van der Waals surface area contributed by atoms with Crippen molar-refractivity contribution in [2.75, 3.05) is 6.54 Å². The van der Waals surface area contributed by atoms with Gasteiger partial charge in [-0.1, -0.05) is 13.8 Å². The number of amides is 1. The van der Waals surface area contributed by atoms with Gasteiger partial charge in [-0.05, 0) is 5.92 Å². The molecule has 3 heteroatoms. The van der Waals surface area contributed by atoms with Gasteiger partial charge in [0.25, 0.3) is 0 Å². The fourth-order valence-electron chi connectivity index (χ4n) is 1.10. The first-order valence-corrected chi connectivity index (χ1v) is 3.94. The molecule has 0 saturated carbocycles. The zero-order valence-electron chi connectivity index (χ0n) is 6.35. The molecule has 10 heavy (non-hydrogen) atoms. The molecule has 1 fully saturated rings. The van der Waals surface area contributed by atoms with Crippen LogP contribution in [0, 0.1) is 5.92 Å². The number of nitrogens with one attached hydrogen (secondary N) is 1. The van der Waals surface area contributed by atoms with Crippen LogP contribution in [-0.4, -0.2) is 17.2 Å². The quantitative estimate of drug-likeness (QED) is 0.545. The number of rotatable bonds is 1. The molecular formula is C7H13NOS. The van der Waals surface area contributed by atoms with E-state index in [1.54, 1.807) is 0 Å². The van der Waals surface area contributed by atoms with Crippen LogP contribution in [-0.2, 0) is 4.79 Å². The van der Waals surface area contributed by atoms with Gasteiger partial charge in [0.15, 0.2) is 0 Å². The van der Waals surface area contributed by atoms with E-state index < -0.39 is 0 Å². The highest BCUT2D eigenvalue weighted by molar-refractivity contribution is 7.81. The first kappa shape index (κ1) is 7.92. The summed E-state index contributed by atoms with van der Waals surface area (Å²) in [5.74, 6) is 0.551. The Morgan fingerprint density at radius 3 is 2.50 bits per heavy atom. The van der Waals surface area contributed by atoms with Crippen molar-refractivity contribution in [2.45, 2.75) is 25.0 Å². The summed E-state index contributed by atoms with van der Waals surface area (Å²) in [6.45, 7) is 4.87. The molecule has 58 valence electrons. The molecule has 1 amide bonds. The highest BCUT2D eigenvalue weighted by atomic mass is 32.1. The third-order valence-electron chi connectivity index (χ3n) is 1.98. The van der Waals surface area contributed by atoms with Gasteiger partial charge < -0.3 is 5.32 Å². The van der Waals surface area contributed by atoms with Crippen LogP contribution in [0.1, 0.15) is 20.3 Å². The van der Waals surface area contributed by atoms with E-state index in [2.05, 4.69) is 17.9 Å². The first-order chi connectivity index (χ1) is 4.50. The second kappa shape index (κ2) is 2.46. The zero-order chi connectivity index (χ0) is 7.78. The van der Waals surface area contributed by atoms with Crippen LogP contribution in [0.2, 0.25) is 0 Å². The van der Waals surface area contributed by atoms with Crippen LogP contribution in [0.4, 0.5) is 0 Å². The average molecular weight is 159 g/mol. The Morgan fingerprint density at radius 1 is 1.70 bits per heavy atom. The molecule has 0 spiro atoms. The van der Waals surface area contributed by atoms with E-state index in [1.165, 1.54) is 0 Å². The van der Waals surface area contributed by atoms with Crippen molar-refractivity contribution in [2.24, 2.45) is 5.92 Å². The van der Waals surface area contributed by atoms with Crippen molar-refractivity contribution in [3.05, 3.63) is 0 Å². The van der Waals surface area contributed by atoms with Crippen LogP contribution >= 0.6 is 12.6 Å². The lowest BCUT2D eigenvalue weighted by Gasteiger charge is -2.23. The molecular weight excluding hydrogens is 146 g/mol. The summed E-state index contributed by atoms with van der Waals surface area (Å²) in [6, 6.07) is 0. The fourth-order valence-corrected chi connectivity index (χ4v) is 1.29. The molecule has 1 heterocycles. The van der Waals surface area contributed by atoms with Crippen LogP contribution in [0.15, 0.2) is 0 Å². The van der Waals surface area contributed by atoms with E-state index >= 15 is 0 Å². The zero-order valence-corrected chi connectivity index (χ0v) is 7.24. The average Bonchev–Trinajstić information content (AvgIpc) is 2.11. The molecule has 0 aromatic rings. The number of hydrogen-bond acceptors (Lipinski definition) is 2. The molecule has 1 aliphatic heterocycles. The lowest BCUT2D eigenvalue weighted by Crippen LogP contribution is -2.26. The molecule has 0 unspecified atom stereocenters. The Hall–Kier alpha value is -0.180. The number of carbonyl (C=O) groups is 1. The van der Waals surface area contributed by atoms with Crippen molar-refractivity contribution in [3.8, 4) is 0 Å². The Kier molecular flexibility index (Phi) is 1.95. The van der Waals surface area contributed by atoms with Gasteiger partial charge in [-0.15, -0.1) is 0 Å². The van der Waals surface area contributed by atoms with E-state index in [9.17, 15) is 4.79 Å². The highest BCUT2D eigenvalue weighted by Gasteiger charge is 2.32. The number of hydrogen-bond donors (Lipinski definition) is 2. The Morgan fingerprint density at radius 2 is 2.30 bits per heavy atom. The molecule has 2 nitrogen and oxygen atoms in total. The van der Waals surface area contributed by atoms with E-state index in [-0.39, 0.29) is 10.7 Å². The molecule has 1 rings (SSSR count). The molecule has 1 saturated heterocycles. The molecule has 0 aromatic carbocycles. The summed E-state index contributed by atoms with van der Waals surface area (Å²) >= 11 is 4.40. The van der Waals surface area contributed by atoms with Gasteiger partial charge in [0.1, 0.15) is 0 Å². The fraction of sp³-hybridized carbons (Fsp3) is 0.857. The monoisotopic (exact) mass is 159 g/mol. The maximum Gasteiger partial charge on any atom is 0.220 e. The minimum Gasteiger partial charge on any atom is -0.356 e. The van der Waals surface area contributed by atoms with Gasteiger partial charge in [0.2, 0.25) is 5.91 Å². The lowest BCUT2D eigenvalue weighted by atomic mass is 9.94. The minimum absolute atomic E-state index is 0.0286. The SMILES string of the molecule is CC(C)(S)[C@H]1CNC(=O)C1. The van der Waals surface area contributed by atoms with Gasteiger partial charge >= 0.3 is 0 Å². The maximum atomic E-state index is 10.8. The summed E-state index contributed by atoms with van der Waals surface area (Å²) in [7, 11) is 0. The van der Waals surface area contributed by atoms with Gasteiger partial charge in [-0.2, -0.15) is 12.6 Å². The van der Waals surface area contributed by atoms with E-state index in [0.29, 0.717) is 12.3 Å².